The molecular formula is C41H66N3O2+. The summed E-state index contributed by atoms with van der Waals surface area (Å²) in [5.41, 5.74) is 7.43. The molecule has 2 aromatic carbocycles. The molecule has 2 aromatic rings. The van der Waals surface area contributed by atoms with Crippen molar-refractivity contribution >= 4 is 23.2 Å². The summed E-state index contributed by atoms with van der Waals surface area (Å²) in [6.45, 7) is 13.7. The molecule has 5 heteroatoms. The molecule has 5 nitrogen and oxygen atoms in total. The summed E-state index contributed by atoms with van der Waals surface area (Å²) in [6.07, 6.45) is 21.7. The van der Waals surface area contributed by atoms with Gasteiger partial charge in [0.2, 0.25) is 11.8 Å². The zero-order chi connectivity index (χ0) is 33.2. The van der Waals surface area contributed by atoms with Crippen molar-refractivity contribution in [3.05, 3.63) is 58.7 Å². The van der Waals surface area contributed by atoms with Crippen LogP contribution in [0.15, 0.2) is 36.4 Å². The van der Waals surface area contributed by atoms with E-state index in [0.717, 1.165) is 32.2 Å². The standard InChI is InChI=1S/C41H65N3O2/c1-6-7-8-9-10-11-12-13-14-15-16-17-18-19-28-40(45)42-30-32-44(33-43-31-21-20-29-41(43)46,38-26-22-24-34(2)36(38)4)39-27-23-25-35(3)37(39)5/h22-27H,6-21,28-33H2,1-5H3/p+1. The molecule has 0 bridgehead atoms. The maximum atomic E-state index is 13.2. The fourth-order valence-corrected chi connectivity index (χ4v) is 7.25. The average molecular weight is 633 g/mol. The van der Waals surface area contributed by atoms with Gasteiger partial charge in [-0.25, -0.2) is 4.48 Å². The highest BCUT2D eigenvalue weighted by Gasteiger charge is 2.40. The van der Waals surface area contributed by atoms with E-state index < -0.39 is 0 Å². The molecule has 3 rings (SSSR count). The van der Waals surface area contributed by atoms with Gasteiger partial charge in [-0.15, -0.1) is 0 Å². The molecule has 0 aliphatic carbocycles. The Morgan fingerprint density at radius 1 is 0.717 bits per heavy atom. The summed E-state index contributed by atoms with van der Waals surface area (Å²) in [4.78, 5) is 28.3. The topological polar surface area (TPSA) is 49.4 Å². The van der Waals surface area contributed by atoms with Crippen molar-refractivity contribution in [2.45, 2.75) is 150 Å². The summed E-state index contributed by atoms with van der Waals surface area (Å²) in [5.74, 6) is 0.388. The number of benzene rings is 2. The molecule has 0 radical (unpaired) electrons. The van der Waals surface area contributed by atoms with Crippen LogP contribution >= 0.6 is 0 Å². The van der Waals surface area contributed by atoms with Gasteiger partial charge >= 0.3 is 0 Å². The number of amides is 2. The predicted octanol–water partition coefficient (Wildman–Crippen LogP) is 10.5. The number of nitrogens with zero attached hydrogens (tertiary/aromatic N) is 2. The number of rotatable bonds is 22. The summed E-state index contributed by atoms with van der Waals surface area (Å²) < 4.78 is 0.534. The first kappa shape index (κ1) is 37.8. The predicted molar refractivity (Wildman–Crippen MR) is 197 cm³/mol. The molecule has 0 unspecified atom stereocenters. The van der Waals surface area contributed by atoms with E-state index in [9.17, 15) is 9.59 Å². The lowest BCUT2D eigenvalue weighted by molar-refractivity contribution is -0.135. The van der Waals surface area contributed by atoms with Crippen molar-refractivity contribution in [3.8, 4) is 0 Å². The molecule has 1 aliphatic heterocycles. The van der Waals surface area contributed by atoms with Crippen LogP contribution in [0.3, 0.4) is 0 Å². The van der Waals surface area contributed by atoms with Gasteiger partial charge in [0.15, 0.2) is 6.67 Å². The Morgan fingerprint density at radius 2 is 1.22 bits per heavy atom. The van der Waals surface area contributed by atoms with Gasteiger partial charge < -0.3 is 5.32 Å². The summed E-state index contributed by atoms with van der Waals surface area (Å²) in [6, 6.07) is 13.1. The van der Waals surface area contributed by atoms with E-state index >= 15 is 0 Å². The van der Waals surface area contributed by atoms with Crippen molar-refractivity contribution in [3.63, 3.8) is 0 Å². The summed E-state index contributed by atoms with van der Waals surface area (Å²) >= 11 is 0. The van der Waals surface area contributed by atoms with Gasteiger partial charge in [-0.05, 0) is 70.2 Å². The molecule has 0 spiro atoms. The molecule has 0 atom stereocenters. The molecule has 1 saturated heterocycles. The lowest BCUT2D eigenvalue weighted by atomic mass is 10.00. The fourth-order valence-electron chi connectivity index (χ4n) is 7.25. The number of nitrogens with one attached hydrogen (secondary N) is 1. The van der Waals surface area contributed by atoms with Gasteiger partial charge in [-0.1, -0.05) is 115 Å². The first-order chi connectivity index (χ1) is 22.3. The van der Waals surface area contributed by atoms with E-state index in [1.54, 1.807) is 0 Å². The third-order valence-corrected chi connectivity index (χ3v) is 10.5. The van der Waals surface area contributed by atoms with Crippen LogP contribution < -0.4 is 9.80 Å². The van der Waals surface area contributed by atoms with Crippen LogP contribution in [0.2, 0.25) is 0 Å². The third-order valence-electron chi connectivity index (χ3n) is 10.5. The van der Waals surface area contributed by atoms with Crippen molar-refractivity contribution in [1.29, 1.82) is 0 Å². The van der Waals surface area contributed by atoms with Gasteiger partial charge in [0.05, 0.1) is 6.54 Å². The Hall–Kier alpha value is -2.66. The number of carbonyl (C=O) groups excluding carboxylic acids is 2. The van der Waals surface area contributed by atoms with E-state index in [2.05, 4.69) is 81.2 Å². The van der Waals surface area contributed by atoms with Crippen LogP contribution in [0.25, 0.3) is 0 Å². The van der Waals surface area contributed by atoms with Crippen LogP contribution in [-0.2, 0) is 9.59 Å². The van der Waals surface area contributed by atoms with Crippen LogP contribution in [0.4, 0.5) is 11.4 Å². The number of carbonyl (C=O) groups is 2. The number of likely N-dealkylation sites (tertiary alicyclic amines) is 1. The first-order valence-corrected chi connectivity index (χ1v) is 18.8. The maximum absolute atomic E-state index is 13.2. The number of hydrogen-bond acceptors (Lipinski definition) is 2. The lowest BCUT2D eigenvalue weighted by Crippen LogP contribution is -2.57. The SMILES string of the molecule is CCCCCCCCCCCCCCCCC(=O)NCC[N+](CN1CCCCC1=O)(c1cccc(C)c1C)c1cccc(C)c1C. The molecule has 0 saturated carbocycles. The van der Waals surface area contributed by atoms with Gasteiger partial charge in [0, 0.05) is 30.5 Å². The Morgan fingerprint density at radius 3 is 1.72 bits per heavy atom. The van der Waals surface area contributed by atoms with E-state index in [1.807, 2.05) is 0 Å². The highest BCUT2D eigenvalue weighted by atomic mass is 16.2. The minimum Gasteiger partial charge on any atom is -0.350 e. The van der Waals surface area contributed by atoms with Crippen molar-refractivity contribution in [1.82, 2.24) is 14.7 Å². The Kier molecular flexibility index (Phi) is 16.9. The Balaban J connectivity index is 1.55. The first-order valence-electron chi connectivity index (χ1n) is 18.8. The largest absolute Gasteiger partial charge is 0.350 e. The number of unbranched alkanes of at least 4 members (excludes halogenated alkanes) is 13. The van der Waals surface area contributed by atoms with E-state index in [-0.39, 0.29) is 11.8 Å². The smallest absolute Gasteiger partial charge is 0.226 e. The normalized spacial score (nSPS) is 13.8. The zero-order valence-electron chi connectivity index (χ0n) is 30.2. The average Bonchev–Trinajstić information content (AvgIpc) is 3.04. The van der Waals surface area contributed by atoms with E-state index in [0.29, 0.717) is 37.1 Å². The molecule has 2 amide bonds. The molecule has 1 heterocycles. The number of aryl methyl sites for hydroxylation is 2. The number of quaternary nitrogens is 1. The zero-order valence-corrected chi connectivity index (χ0v) is 30.2. The van der Waals surface area contributed by atoms with Gasteiger partial charge in [0.25, 0.3) is 0 Å². The molecule has 0 aromatic heterocycles. The molecule has 1 aliphatic rings. The third kappa shape index (κ3) is 11.5. The van der Waals surface area contributed by atoms with E-state index in [1.165, 1.54) is 111 Å². The quantitative estimate of drug-likeness (QED) is 0.104. The Bertz CT molecular complexity index is 1150. The van der Waals surface area contributed by atoms with E-state index in [4.69, 9.17) is 0 Å². The van der Waals surface area contributed by atoms with Crippen LogP contribution in [-0.4, -0.2) is 43.0 Å². The molecule has 1 N–H and O–H groups in total. The fraction of sp³-hybridized carbons (Fsp3) is 0.659. The molecule has 46 heavy (non-hydrogen) atoms. The van der Waals surface area contributed by atoms with Crippen molar-refractivity contribution < 1.29 is 9.59 Å². The molecular weight excluding hydrogens is 566 g/mol. The second-order valence-corrected chi connectivity index (χ2v) is 14.1. The van der Waals surface area contributed by atoms with Crippen molar-refractivity contribution in [2.75, 3.05) is 26.3 Å². The second-order valence-electron chi connectivity index (χ2n) is 14.1. The van der Waals surface area contributed by atoms with Gasteiger partial charge in [-0.3, -0.25) is 14.5 Å². The molecule has 1 fully saturated rings. The van der Waals surface area contributed by atoms with Gasteiger partial charge in [-0.2, -0.15) is 0 Å². The Labute approximate surface area is 282 Å². The maximum Gasteiger partial charge on any atom is 0.226 e. The van der Waals surface area contributed by atoms with Gasteiger partial charge in [0.1, 0.15) is 17.9 Å². The van der Waals surface area contributed by atoms with Crippen molar-refractivity contribution in [2.24, 2.45) is 0 Å². The monoisotopic (exact) mass is 633 g/mol. The second kappa shape index (κ2) is 20.5. The minimum atomic E-state index is 0.146. The summed E-state index contributed by atoms with van der Waals surface area (Å²) in [5, 5.41) is 3.28. The highest BCUT2D eigenvalue weighted by Crippen LogP contribution is 2.41. The number of piperidine rings is 1. The molecule has 256 valence electrons. The minimum absolute atomic E-state index is 0.146. The van der Waals surface area contributed by atoms with Crippen LogP contribution in [0.1, 0.15) is 145 Å². The lowest BCUT2D eigenvalue weighted by Gasteiger charge is -2.44. The summed E-state index contributed by atoms with van der Waals surface area (Å²) in [7, 11) is 0. The van der Waals surface area contributed by atoms with Crippen LogP contribution in [0.5, 0.6) is 0 Å². The van der Waals surface area contributed by atoms with Crippen LogP contribution in [0, 0.1) is 27.7 Å². The highest BCUT2D eigenvalue weighted by molar-refractivity contribution is 5.78. The number of hydrogen-bond donors (Lipinski definition) is 1.